The highest BCUT2D eigenvalue weighted by atomic mass is 16.1. The van der Waals surface area contributed by atoms with Crippen molar-refractivity contribution in [2.45, 2.75) is 6.42 Å². The lowest BCUT2D eigenvalue weighted by Crippen LogP contribution is -2.06. The lowest BCUT2D eigenvalue weighted by atomic mass is 10.0. The molecule has 0 radical (unpaired) electrons. The van der Waals surface area contributed by atoms with E-state index in [0.717, 1.165) is 10.8 Å². The monoisotopic (exact) mass is 248 g/mol. The summed E-state index contributed by atoms with van der Waals surface area (Å²) in [7, 11) is 0. The highest BCUT2D eigenvalue weighted by Gasteiger charge is 2.09. The molecule has 0 N–H and O–H groups in total. The summed E-state index contributed by atoms with van der Waals surface area (Å²) in [6.07, 6.45) is 3.53. The van der Waals surface area contributed by atoms with E-state index < -0.39 is 0 Å². The van der Waals surface area contributed by atoms with E-state index in [9.17, 15) is 4.79 Å². The summed E-state index contributed by atoms with van der Waals surface area (Å²) >= 11 is 0. The molecular weight excluding hydrogens is 236 g/mol. The molecule has 2 aromatic carbocycles. The van der Waals surface area contributed by atoms with Crippen molar-refractivity contribution < 1.29 is 4.79 Å². The fraction of sp³-hybridized carbons (Fsp3) is 0.0625. The normalized spacial score (nSPS) is 10.5. The van der Waals surface area contributed by atoms with Gasteiger partial charge in [0, 0.05) is 18.0 Å². The number of Topliss-reactive ketones (excluding diaryl/α,β-unsaturated/α-hetero) is 1. The predicted molar refractivity (Wildman–Crippen MR) is 74.0 cm³/mol. The van der Waals surface area contributed by atoms with Crippen molar-refractivity contribution in [2.24, 2.45) is 0 Å². The number of carbonyl (C=O) groups excluding carboxylic acids is 1. The van der Waals surface area contributed by atoms with Gasteiger partial charge in [0.1, 0.15) is 5.82 Å². The van der Waals surface area contributed by atoms with E-state index >= 15 is 0 Å². The van der Waals surface area contributed by atoms with Gasteiger partial charge in [0.15, 0.2) is 5.78 Å². The summed E-state index contributed by atoms with van der Waals surface area (Å²) < 4.78 is 0. The van der Waals surface area contributed by atoms with Crippen molar-refractivity contribution in [2.75, 3.05) is 0 Å². The Hall–Kier alpha value is -2.55. The minimum atomic E-state index is 0.0388. The maximum atomic E-state index is 12.2. The average molecular weight is 248 g/mol. The molecule has 0 spiro atoms. The van der Waals surface area contributed by atoms with E-state index in [1.165, 1.54) is 0 Å². The van der Waals surface area contributed by atoms with E-state index in [1.807, 2.05) is 42.5 Å². The van der Waals surface area contributed by atoms with Gasteiger partial charge in [-0.25, -0.2) is 9.97 Å². The Morgan fingerprint density at radius 2 is 1.63 bits per heavy atom. The maximum absolute atomic E-state index is 12.2. The third kappa shape index (κ3) is 2.50. The van der Waals surface area contributed by atoms with Crippen LogP contribution in [-0.4, -0.2) is 15.8 Å². The highest BCUT2D eigenvalue weighted by Crippen LogP contribution is 2.16. The van der Waals surface area contributed by atoms with Crippen LogP contribution in [0.25, 0.3) is 10.8 Å². The predicted octanol–water partition coefficient (Wildman–Crippen LogP) is 3.06. The molecule has 0 aliphatic carbocycles. The fourth-order valence-electron chi connectivity index (χ4n) is 2.03. The van der Waals surface area contributed by atoms with Gasteiger partial charge in [-0.05, 0) is 22.9 Å². The number of benzene rings is 2. The Bertz CT molecular complexity index is 723. The van der Waals surface area contributed by atoms with Gasteiger partial charge in [0.25, 0.3) is 0 Å². The minimum Gasteiger partial charge on any atom is -0.294 e. The molecule has 0 unspecified atom stereocenters. The first-order chi connectivity index (χ1) is 9.33. The number of ketones is 1. The molecule has 19 heavy (non-hydrogen) atoms. The number of carbonyl (C=O) groups is 1. The number of fused-ring (bicyclic) bond motifs is 1. The lowest BCUT2D eigenvalue weighted by Gasteiger charge is -2.02. The molecule has 1 heterocycles. The largest absolute Gasteiger partial charge is 0.294 e. The summed E-state index contributed by atoms with van der Waals surface area (Å²) in [6.45, 7) is 0. The maximum Gasteiger partial charge on any atom is 0.170 e. The van der Waals surface area contributed by atoms with Crippen LogP contribution in [0.15, 0.2) is 60.9 Å². The van der Waals surface area contributed by atoms with Gasteiger partial charge in [-0.2, -0.15) is 0 Å². The van der Waals surface area contributed by atoms with E-state index in [1.54, 1.807) is 18.5 Å². The molecule has 0 aliphatic rings. The topological polar surface area (TPSA) is 42.9 Å². The molecule has 0 bridgehead atoms. The molecule has 0 aliphatic heterocycles. The molecule has 3 nitrogen and oxygen atoms in total. The zero-order chi connectivity index (χ0) is 13.1. The SMILES string of the molecule is O=C(Cc1ncccn1)c1ccc2ccccc2c1. The molecule has 0 saturated carbocycles. The van der Waals surface area contributed by atoms with Crippen LogP contribution < -0.4 is 0 Å². The van der Waals surface area contributed by atoms with Gasteiger partial charge >= 0.3 is 0 Å². The summed E-state index contributed by atoms with van der Waals surface area (Å²) in [6, 6.07) is 15.5. The van der Waals surface area contributed by atoms with Crippen LogP contribution in [0.2, 0.25) is 0 Å². The fourth-order valence-corrected chi connectivity index (χ4v) is 2.03. The zero-order valence-electron chi connectivity index (χ0n) is 10.3. The summed E-state index contributed by atoms with van der Waals surface area (Å²) in [5, 5.41) is 2.21. The van der Waals surface area contributed by atoms with Crippen molar-refractivity contribution >= 4 is 16.6 Å². The van der Waals surface area contributed by atoms with Crippen molar-refractivity contribution in [3.8, 4) is 0 Å². The van der Waals surface area contributed by atoms with Gasteiger partial charge in [0.2, 0.25) is 0 Å². The molecule has 0 atom stereocenters. The summed E-state index contributed by atoms with van der Waals surface area (Å²) in [5.74, 6) is 0.595. The van der Waals surface area contributed by atoms with Crippen LogP contribution in [0.5, 0.6) is 0 Å². The van der Waals surface area contributed by atoms with E-state index in [4.69, 9.17) is 0 Å². The average Bonchev–Trinajstić information content (AvgIpc) is 2.48. The lowest BCUT2D eigenvalue weighted by molar-refractivity contribution is 0.0991. The zero-order valence-corrected chi connectivity index (χ0v) is 10.3. The van der Waals surface area contributed by atoms with E-state index in [-0.39, 0.29) is 12.2 Å². The highest BCUT2D eigenvalue weighted by molar-refractivity contribution is 6.00. The van der Waals surface area contributed by atoms with Crippen LogP contribution in [0.1, 0.15) is 16.2 Å². The van der Waals surface area contributed by atoms with Crippen molar-refractivity contribution in [1.82, 2.24) is 9.97 Å². The Morgan fingerprint density at radius 3 is 2.42 bits per heavy atom. The Labute approximate surface area is 111 Å². The first-order valence-electron chi connectivity index (χ1n) is 6.11. The molecule has 1 aromatic heterocycles. The van der Waals surface area contributed by atoms with Crippen LogP contribution in [0, 0.1) is 0 Å². The van der Waals surface area contributed by atoms with Gasteiger partial charge in [-0.1, -0.05) is 36.4 Å². The van der Waals surface area contributed by atoms with Crippen molar-refractivity contribution in [3.05, 3.63) is 72.3 Å². The van der Waals surface area contributed by atoms with E-state index in [0.29, 0.717) is 11.4 Å². The second-order valence-electron chi connectivity index (χ2n) is 4.33. The quantitative estimate of drug-likeness (QED) is 0.669. The second-order valence-corrected chi connectivity index (χ2v) is 4.33. The molecule has 3 heteroatoms. The third-order valence-electron chi connectivity index (χ3n) is 3.01. The van der Waals surface area contributed by atoms with Crippen molar-refractivity contribution in [3.63, 3.8) is 0 Å². The third-order valence-corrected chi connectivity index (χ3v) is 3.01. The number of aromatic nitrogens is 2. The second kappa shape index (κ2) is 4.98. The van der Waals surface area contributed by atoms with Gasteiger partial charge in [-0.3, -0.25) is 4.79 Å². The molecule has 0 amide bonds. The molecule has 3 aromatic rings. The molecule has 92 valence electrons. The van der Waals surface area contributed by atoms with E-state index in [2.05, 4.69) is 9.97 Å². The smallest absolute Gasteiger partial charge is 0.170 e. The van der Waals surface area contributed by atoms with Gasteiger partial charge < -0.3 is 0 Å². The van der Waals surface area contributed by atoms with Crippen LogP contribution in [0.4, 0.5) is 0 Å². The Balaban J connectivity index is 1.89. The van der Waals surface area contributed by atoms with Gasteiger partial charge in [-0.15, -0.1) is 0 Å². The first-order valence-corrected chi connectivity index (χ1v) is 6.11. The number of rotatable bonds is 3. The summed E-state index contributed by atoms with van der Waals surface area (Å²) in [5.41, 5.74) is 0.700. The van der Waals surface area contributed by atoms with Crippen LogP contribution >= 0.6 is 0 Å². The number of nitrogens with zero attached hydrogens (tertiary/aromatic N) is 2. The standard InChI is InChI=1S/C16H12N2O/c19-15(11-16-17-8-3-9-18-16)14-7-6-12-4-1-2-5-13(12)10-14/h1-10H,11H2. The van der Waals surface area contributed by atoms with Crippen LogP contribution in [0.3, 0.4) is 0 Å². The summed E-state index contributed by atoms with van der Waals surface area (Å²) in [4.78, 5) is 20.3. The number of hydrogen-bond donors (Lipinski definition) is 0. The molecule has 3 rings (SSSR count). The molecular formula is C16H12N2O. The Morgan fingerprint density at radius 1 is 0.895 bits per heavy atom. The minimum absolute atomic E-state index is 0.0388. The van der Waals surface area contributed by atoms with Gasteiger partial charge in [0.05, 0.1) is 6.42 Å². The van der Waals surface area contributed by atoms with Crippen molar-refractivity contribution in [1.29, 1.82) is 0 Å². The molecule has 0 saturated heterocycles. The molecule has 0 fully saturated rings. The Kier molecular flexibility index (Phi) is 3.02. The first kappa shape index (κ1) is 11.5. The van der Waals surface area contributed by atoms with Crippen LogP contribution in [-0.2, 0) is 6.42 Å². The number of hydrogen-bond acceptors (Lipinski definition) is 3.